The molecule has 1 N–H and O–H groups in total. The van der Waals surface area contributed by atoms with Crippen LogP contribution < -0.4 is 5.32 Å². The highest BCUT2D eigenvalue weighted by Gasteiger charge is 2.24. The molecule has 1 fully saturated rings. The molecule has 1 aliphatic heterocycles. The standard InChI is InChI=1S/C19H31N3O2/c1-4-5-12-23-13-10-21-19(20-3)22-11-14-24-18(15-22)17-9-7-6-8-16(17)2/h6-9,18H,4-5,10-15H2,1-3H3,(H,20,21). The Morgan fingerprint density at radius 3 is 2.96 bits per heavy atom. The van der Waals surface area contributed by atoms with E-state index >= 15 is 0 Å². The molecule has 1 aliphatic rings. The van der Waals surface area contributed by atoms with Gasteiger partial charge in [0.1, 0.15) is 6.10 Å². The number of morpholine rings is 1. The number of aryl methyl sites for hydroxylation is 1. The summed E-state index contributed by atoms with van der Waals surface area (Å²) in [4.78, 5) is 6.69. The Balaban J connectivity index is 1.84. The SMILES string of the molecule is CCCCOCCNC(=NC)N1CCOC(c2ccccc2C)C1. The van der Waals surface area contributed by atoms with Crippen molar-refractivity contribution in [3.05, 3.63) is 35.4 Å². The van der Waals surface area contributed by atoms with Crippen molar-refractivity contribution in [3.63, 3.8) is 0 Å². The fourth-order valence-electron chi connectivity index (χ4n) is 2.89. The summed E-state index contributed by atoms with van der Waals surface area (Å²) in [6.07, 6.45) is 2.39. The molecular formula is C19H31N3O2. The Hall–Kier alpha value is -1.59. The van der Waals surface area contributed by atoms with Gasteiger partial charge in [-0.15, -0.1) is 0 Å². The van der Waals surface area contributed by atoms with Gasteiger partial charge in [-0.1, -0.05) is 37.6 Å². The Kier molecular flexibility index (Phi) is 8.05. The van der Waals surface area contributed by atoms with Crippen LogP contribution in [0.1, 0.15) is 37.0 Å². The Labute approximate surface area is 146 Å². The van der Waals surface area contributed by atoms with Crippen molar-refractivity contribution in [1.82, 2.24) is 10.2 Å². The lowest BCUT2D eigenvalue weighted by Gasteiger charge is -2.35. The van der Waals surface area contributed by atoms with E-state index in [4.69, 9.17) is 9.47 Å². The van der Waals surface area contributed by atoms with Crippen molar-refractivity contribution in [2.24, 2.45) is 4.99 Å². The number of unbranched alkanes of at least 4 members (excludes halogenated alkanes) is 1. The number of benzene rings is 1. The number of ether oxygens (including phenoxy) is 2. The smallest absolute Gasteiger partial charge is 0.193 e. The van der Waals surface area contributed by atoms with Gasteiger partial charge in [-0.25, -0.2) is 0 Å². The molecule has 0 aliphatic carbocycles. The molecule has 1 aromatic carbocycles. The topological polar surface area (TPSA) is 46.1 Å². The highest BCUT2D eigenvalue weighted by atomic mass is 16.5. The number of guanidine groups is 1. The third kappa shape index (κ3) is 5.49. The van der Waals surface area contributed by atoms with Gasteiger partial charge in [0.15, 0.2) is 5.96 Å². The van der Waals surface area contributed by atoms with Crippen LogP contribution in [-0.4, -0.2) is 57.4 Å². The van der Waals surface area contributed by atoms with Crippen LogP contribution in [0.15, 0.2) is 29.3 Å². The first kappa shape index (κ1) is 18.7. The summed E-state index contributed by atoms with van der Waals surface area (Å²) in [6, 6.07) is 8.43. The average molecular weight is 333 g/mol. The van der Waals surface area contributed by atoms with Gasteiger partial charge in [-0.2, -0.15) is 0 Å². The van der Waals surface area contributed by atoms with Crippen LogP contribution in [0.4, 0.5) is 0 Å². The minimum Gasteiger partial charge on any atom is -0.380 e. The quantitative estimate of drug-likeness (QED) is 0.473. The molecule has 5 nitrogen and oxygen atoms in total. The van der Waals surface area contributed by atoms with Gasteiger partial charge < -0.3 is 19.7 Å². The molecule has 1 heterocycles. The van der Waals surface area contributed by atoms with Gasteiger partial charge in [0.25, 0.3) is 0 Å². The maximum absolute atomic E-state index is 5.99. The average Bonchev–Trinajstić information content (AvgIpc) is 2.62. The van der Waals surface area contributed by atoms with Crippen molar-refractivity contribution in [2.45, 2.75) is 32.8 Å². The van der Waals surface area contributed by atoms with Crippen molar-refractivity contribution < 1.29 is 9.47 Å². The van der Waals surface area contributed by atoms with Crippen molar-refractivity contribution >= 4 is 5.96 Å². The van der Waals surface area contributed by atoms with Crippen molar-refractivity contribution in [1.29, 1.82) is 0 Å². The Morgan fingerprint density at radius 1 is 1.38 bits per heavy atom. The minimum absolute atomic E-state index is 0.0966. The van der Waals surface area contributed by atoms with E-state index in [9.17, 15) is 0 Å². The Bertz CT molecular complexity index is 519. The van der Waals surface area contributed by atoms with Crippen LogP contribution in [0.3, 0.4) is 0 Å². The monoisotopic (exact) mass is 333 g/mol. The van der Waals surface area contributed by atoms with E-state index in [1.54, 1.807) is 0 Å². The molecule has 5 heteroatoms. The van der Waals surface area contributed by atoms with E-state index in [0.29, 0.717) is 13.2 Å². The Morgan fingerprint density at radius 2 is 2.21 bits per heavy atom. The highest BCUT2D eigenvalue weighted by molar-refractivity contribution is 5.80. The number of nitrogens with one attached hydrogen (secondary N) is 1. The lowest BCUT2D eigenvalue weighted by molar-refractivity contribution is -0.00843. The number of rotatable bonds is 7. The van der Waals surface area contributed by atoms with Crippen LogP contribution in [0, 0.1) is 6.92 Å². The summed E-state index contributed by atoms with van der Waals surface area (Å²) in [5.41, 5.74) is 2.54. The summed E-state index contributed by atoms with van der Waals surface area (Å²) >= 11 is 0. The van der Waals surface area contributed by atoms with Crippen molar-refractivity contribution in [3.8, 4) is 0 Å². The molecule has 0 aromatic heterocycles. The predicted octanol–water partition coefficient (Wildman–Crippen LogP) is 2.76. The van der Waals surface area contributed by atoms with E-state index in [0.717, 1.165) is 38.6 Å². The third-order valence-electron chi connectivity index (χ3n) is 4.28. The molecule has 0 saturated carbocycles. The highest BCUT2D eigenvalue weighted by Crippen LogP contribution is 2.24. The third-order valence-corrected chi connectivity index (χ3v) is 4.28. The molecular weight excluding hydrogens is 302 g/mol. The van der Waals surface area contributed by atoms with Crippen LogP contribution in [0.25, 0.3) is 0 Å². The van der Waals surface area contributed by atoms with Crippen LogP contribution >= 0.6 is 0 Å². The first-order valence-electron chi connectivity index (χ1n) is 8.96. The maximum Gasteiger partial charge on any atom is 0.193 e. The van der Waals surface area contributed by atoms with Gasteiger partial charge >= 0.3 is 0 Å². The van der Waals surface area contributed by atoms with E-state index in [-0.39, 0.29) is 6.10 Å². The zero-order valence-electron chi connectivity index (χ0n) is 15.3. The van der Waals surface area contributed by atoms with Crippen molar-refractivity contribution in [2.75, 3.05) is 46.5 Å². The molecule has 2 rings (SSSR count). The second-order valence-corrected chi connectivity index (χ2v) is 6.10. The summed E-state index contributed by atoms with van der Waals surface area (Å²) < 4.78 is 11.6. The van der Waals surface area contributed by atoms with E-state index in [1.165, 1.54) is 17.5 Å². The molecule has 134 valence electrons. The number of hydrogen-bond acceptors (Lipinski definition) is 3. The van der Waals surface area contributed by atoms with E-state index in [2.05, 4.69) is 53.3 Å². The maximum atomic E-state index is 5.99. The molecule has 24 heavy (non-hydrogen) atoms. The molecule has 1 atom stereocenters. The summed E-state index contributed by atoms with van der Waals surface area (Å²) in [6.45, 7) is 9.04. The first-order valence-corrected chi connectivity index (χ1v) is 8.96. The van der Waals surface area contributed by atoms with E-state index in [1.807, 2.05) is 7.05 Å². The second-order valence-electron chi connectivity index (χ2n) is 6.10. The zero-order chi connectivity index (χ0) is 17.2. The van der Waals surface area contributed by atoms with Gasteiger partial charge in [-0.05, 0) is 24.5 Å². The van der Waals surface area contributed by atoms with Gasteiger partial charge in [0.2, 0.25) is 0 Å². The summed E-state index contributed by atoms with van der Waals surface area (Å²) in [5, 5.41) is 3.40. The molecule has 0 amide bonds. The molecule has 0 bridgehead atoms. The molecule has 1 saturated heterocycles. The fourth-order valence-corrected chi connectivity index (χ4v) is 2.89. The molecule has 1 aromatic rings. The second kappa shape index (κ2) is 10.3. The summed E-state index contributed by atoms with van der Waals surface area (Å²) in [5.74, 6) is 0.927. The molecule has 0 spiro atoms. The largest absolute Gasteiger partial charge is 0.380 e. The summed E-state index contributed by atoms with van der Waals surface area (Å²) in [7, 11) is 1.83. The first-order chi connectivity index (χ1) is 11.8. The zero-order valence-corrected chi connectivity index (χ0v) is 15.3. The van der Waals surface area contributed by atoms with Gasteiger partial charge in [0.05, 0.1) is 19.8 Å². The molecule has 1 unspecified atom stereocenters. The van der Waals surface area contributed by atoms with Gasteiger partial charge in [0, 0.05) is 26.7 Å². The van der Waals surface area contributed by atoms with Crippen LogP contribution in [0.2, 0.25) is 0 Å². The fraction of sp³-hybridized carbons (Fsp3) is 0.632. The van der Waals surface area contributed by atoms with Crippen LogP contribution in [0.5, 0.6) is 0 Å². The van der Waals surface area contributed by atoms with Gasteiger partial charge in [-0.3, -0.25) is 4.99 Å². The lowest BCUT2D eigenvalue weighted by Crippen LogP contribution is -2.48. The minimum atomic E-state index is 0.0966. The normalized spacial score (nSPS) is 18.7. The number of nitrogens with zero attached hydrogens (tertiary/aromatic N) is 2. The number of aliphatic imine (C=N–C) groups is 1. The van der Waals surface area contributed by atoms with Crippen LogP contribution in [-0.2, 0) is 9.47 Å². The lowest BCUT2D eigenvalue weighted by atomic mass is 10.0. The van der Waals surface area contributed by atoms with E-state index < -0.39 is 0 Å². The molecule has 0 radical (unpaired) electrons. The predicted molar refractivity (Wildman–Crippen MR) is 98.5 cm³/mol. The number of hydrogen-bond donors (Lipinski definition) is 1.